The molecule has 6 nitrogen and oxygen atoms in total. The van der Waals surface area contributed by atoms with E-state index >= 15 is 0 Å². The number of nitrogens with zero attached hydrogens (tertiary/aromatic N) is 2. The monoisotopic (exact) mass is 416 g/mol. The average Bonchev–Trinajstić information content (AvgIpc) is 2.76. The van der Waals surface area contributed by atoms with Gasteiger partial charge in [-0.25, -0.2) is 4.79 Å². The minimum Gasteiger partial charge on any atom is -0.494 e. The van der Waals surface area contributed by atoms with Gasteiger partial charge in [-0.2, -0.15) is 0 Å². The quantitative estimate of drug-likeness (QED) is 0.675. The number of amides is 1. The number of rotatable bonds is 6. The first-order valence-corrected chi connectivity index (χ1v) is 10.0. The van der Waals surface area contributed by atoms with Crippen molar-refractivity contribution in [3.05, 3.63) is 64.7 Å². The van der Waals surface area contributed by atoms with E-state index in [9.17, 15) is 9.59 Å². The van der Waals surface area contributed by atoms with Crippen molar-refractivity contribution in [1.29, 1.82) is 0 Å². The second-order valence-electron chi connectivity index (χ2n) is 6.76. The number of halogens is 1. The molecule has 0 aromatic heterocycles. The van der Waals surface area contributed by atoms with Crippen molar-refractivity contribution in [2.45, 2.75) is 13.0 Å². The predicted molar refractivity (Wildman–Crippen MR) is 111 cm³/mol. The Morgan fingerprint density at radius 3 is 2.17 bits per heavy atom. The third-order valence-corrected chi connectivity index (χ3v) is 5.24. The number of hydrogen-bond acceptors (Lipinski definition) is 5. The lowest BCUT2D eigenvalue weighted by Crippen LogP contribution is -2.51. The number of methoxy groups -OCH3 is 1. The largest absolute Gasteiger partial charge is 0.494 e. The third-order valence-electron chi connectivity index (χ3n) is 4.99. The van der Waals surface area contributed by atoms with Crippen molar-refractivity contribution in [3.8, 4) is 5.75 Å². The van der Waals surface area contributed by atoms with Crippen LogP contribution in [0.5, 0.6) is 5.75 Å². The van der Waals surface area contributed by atoms with Gasteiger partial charge in [0.2, 0.25) is 0 Å². The fourth-order valence-corrected chi connectivity index (χ4v) is 3.60. The zero-order valence-electron chi connectivity index (χ0n) is 16.6. The van der Waals surface area contributed by atoms with Crippen LogP contribution >= 0.6 is 11.6 Å². The molecule has 1 saturated heterocycles. The lowest BCUT2D eigenvalue weighted by Gasteiger charge is -2.38. The van der Waals surface area contributed by atoms with E-state index in [0.29, 0.717) is 43.4 Å². The van der Waals surface area contributed by atoms with Crippen molar-refractivity contribution < 1.29 is 19.1 Å². The molecule has 29 heavy (non-hydrogen) atoms. The van der Waals surface area contributed by atoms with Gasteiger partial charge in [-0.1, -0.05) is 23.7 Å². The molecule has 2 aromatic carbocycles. The van der Waals surface area contributed by atoms with Gasteiger partial charge in [-0.3, -0.25) is 9.69 Å². The molecule has 0 spiro atoms. The number of hydrogen-bond donors (Lipinski definition) is 0. The molecule has 1 aliphatic heterocycles. The van der Waals surface area contributed by atoms with Crippen molar-refractivity contribution in [2.24, 2.45) is 0 Å². The molecule has 1 amide bonds. The van der Waals surface area contributed by atoms with Gasteiger partial charge in [0, 0.05) is 36.8 Å². The van der Waals surface area contributed by atoms with Crippen molar-refractivity contribution in [1.82, 2.24) is 9.80 Å². The Kier molecular flexibility index (Phi) is 7.12. The Hall–Kier alpha value is -2.57. The maximum absolute atomic E-state index is 12.8. The first-order valence-electron chi connectivity index (χ1n) is 9.63. The average molecular weight is 417 g/mol. The first-order chi connectivity index (χ1) is 14.0. The molecule has 1 fully saturated rings. The van der Waals surface area contributed by atoms with E-state index in [2.05, 4.69) is 0 Å². The van der Waals surface area contributed by atoms with Crippen LogP contribution in [0.3, 0.4) is 0 Å². The molecular weight excluding hydrogens is 392 g/mol. The Morgan fingerprint density at radius 1 is 1.00 bits per heavy atom. The van der Waals surface area contributed by atoms with Gasteiger partial charge in [-0.15, -0.1) is 0 Å². The molecule has 0 bridgehead atoms. The summed E-state index contributed by atoms with van der Waals surface area (Å²) < 4.78 is 10.4. The van der Waals surface area contributed by atoms with E-state index in [0.717, 1.165) is 11.3 Å². The summed E-state index contributed by atoms with van der Waals surface area (Å²) in [6, 6.07) is 13.9. The minimum absolute atomic E-state index is 0.0196. The summed E-state index contributed by atoms with van der Waals surface area (Å²) in [5, 5.41) is 0.614. The predicted octanol–water partition coefficient (Wildman–Crippen LogP) is 3.41. The van der Waals surface area contributed by atoms with Gasteiger partial charge in [0.25, 0.3) is 5.91 Å². The maximum atomic E-state index is 12.8. The highest BCUT2D eigenvalue weighted by atomic mass is 35.5. The summed E-state index contributed by atoms with van der Waals surface area (Å²) >= 11 is 5.97. The van der Waals surface area contributed by atoms with E-state index in [1.165, 1.54) is 7.11 Å². The third kappa shape index (κ3) is 5.08. The summed E-state index contributed by atoms with van der Waals surface area (Å²) in [6.07, 6.45) is 0. The van der Waals surface area contributed by atoms with Crippen molar-refractivity contribution in [2.75, 3.05) is 39.9 Å². The first kappa shape index (κ1) is 21.1. The maximum Gasteiger partial charge on any atom is 0.327 e. The molecular formula is C22H25ClN2O4. The Balaban J connectivity index is 1.66. The van der Waals surface area contributed by atoms with Gasteiger partial charge in [0.05, 0.1) is 13.7 Å². The molecule has 7 heteroatoms. The second-order valence-corrected chi connectivity index (χ2v) is 7.20. The van der Waals surface area contributed by atoms with E-state index in [-0.39, 0.29) is 11.9 Å². The second kappa shape index (κ2) is 9.76. The zero-order valence-corrected chi connectivity index (χ0v) is 17.4. The number of benzene rings is 2. The van der Waals surface area contributed by atoms with E-state index in [1.54, 1.807) is 36.4 Å². The highest BCUT2D eigenvalue weighted by Gasteiger charge is 2.32. The highest BCUT2D eigenvalue weighted by Crippen LogP contribution is 2.25. The molecule has 0 N–H and O–H groups in total. The number of esters is 1. The van der Waals surface area contributed by atoms with E-state index < -0.39 is 6.04 Å². The molecule has 0 aliphatic carbocycles. The molecule has 3 rings (SSSR count). The molecule has 1 unspecified atom stereocenters. The standard InChI is InChI=1S/C22H25ClN2O4/c1-3-29-19-10-6-17(7-11-19)21(26)25-14-12-24(13-15-25)20(22(27)28-2)16-4-8-18(23)9-5-16/h4-11,20H,3,12-15H2,1-2H3. The smallest absolute Gasteiger partial charge is 0.327 e. The topological polar surface area (TPSA) is 59.1 Å². The molecule has 0 saturated carbocycles. The molecule has 0 radical (unpaired) electrons. The van der Waals surface area contributed by atoms with Crippen LogP contribution in [0.25, 0.3) is 0 Å². The number of piperazine rings is 1. The van der Waals surface area contributed by atoms with Crippen LogP contribution in [0.1, 0.15) is 28.9 Å². The summed E-state index contributed by atoms with van der Waals surface area (Å²) in [7, 11) is 1.39. The fraction of sp³-hybridized carbons (Fsp3) is 0.364. The highest BCUT2D eigenvalue weighted by molar-refractivity contribution is 6.30. The molecule has 1 heterocycles. The van der Waals surface area contributed by atoms with Crippen LogP contribution in [0.2, 0.25) is 5.02 Å². The Labute approximate surface area is 176 Å². The minimum atomic E-state index is -0.514. The van der Waals surface area contributed by atoms with Crippen LogP contribution in [0, 0.1) is 0 Å². The van der Waals surface area contributed by atoms with E-state index in [1.807, 2.05) is 28.9 Å². The summed E-state index contributed by atoms with van der Waals surface area (Å²) in [5.74, 6) is 0.408. The Morgan fingerprint density at radius 2 is 1.62 bits per heavy atom. The van der Waals surface area contributed by atoms with Gasteiger partial charge >= 0.3 is 5.97 Å². The normalized spacial score (nSPS) is 15.6. The fourth-order valence-electron chi connectivity index (χ4n) is 3.48. The van der Waals surface area contributed by atoms with Crippen LogP contribution in [-0.4, -0.2) is 61.6 Å². The number of carbonyl (C=O) groups excluding carboxylic acids is 2. The van der Waals surface area contributed by atoms with Crippen molar-refractivity contribution in [3.63, 3.8) is 0 Å². The summed E-state index contributed by atoms with van der Waals surface area (Å²) in [4.78, 5) is 29.1. The summed E-state index contributed by atoms with van der Waals surface area (Å²) in [6.45, 7) is 4.73. The van der Waals surface area contributed by atoms with Crippen LogP contribution in [0.4, 0.5) is 0 Å². The van der Waals surface area contributed by atoms with Crippen LogP contribution < -0.4 is 4.74 Å². The van der Waals surface area contributed by atoms with Crippen LogP contribution in [0.15, 0.2) is 48.5 Å². The Bertz CT molecular complexity index is 831. The summed E-state index contributed by atoms with van der Waals surface area (Å²) in [5.41, 5.74) is 1.46. The lowest BCUT2D eigenvalue weighted by molar-refractivity contribution is -0.148. The molecule has 1 atom stereocenters. The molecule has 2 aromatic rings. The van der Waals surface area contributed by atoms with E-state index in [4.69, 9.17) is 21.1 Å². The van der Waals surface area contributed by atoms with Crippen LogP contribution in [-0.2, 0) is 9.53 Å². The zero-order chi connectivity index (χ0) is 20.8. The lowest BCUT2D eigenvalue weighted by atomic mass is 10.0. The number of carbonyl (C=O) groups is 2. The van der Waals surface area contributed by atoms with Gasteiger partial charge < -0.3 is 14.4 Å². The van der Waals surface area contributed by atoms with Gasteiger partial charge in [0.1, 0.15) is 11.8 Å². The number of ether oxygens (including phenoxy) is 2. The van der Waals surface area contributed by atoms with Crippen molar-refractivity contribution >= 4 is 23.5 Å². The SMILES string of the molecule is CCOc1ccc(C(=O)N2CCN(C(C(=O)OC)c3ccc(Cl)cc3)CC2)cc1. The molecule has 1 aliphatic rings. The molecule has 154 valence electrons. The van der Waals surface area contributed by atoms with Gasteiger partial charge in [0.15, 0.2) is 0 Å². The van der Waals surface area contributed by atoms with Gasteiger partial charge in [-0.05, 0) is 48.9 Å².